The fourth-order valence-corrected chi connectivity index (χ4v) is 5.02. The summed E-state index contributed by atoms with van der Waals surface area (Å²) >= 11 is 1.00. The van der Waals surface area contributed by atoms with Crippen molar-refractivity contribution in [2.45, 2.75) is 63.5 Å². The molecule has 2 rings (SSSR count). The number of hydrogen-bond acceptors (Lipinski definition) is 12. The summed E-state index contributed by atoms with van der Waals surface area (Å²) in [6.45, 7) is 4.32. The largest absolute Gasteiger partial charge is 0.467 e. The first-order valence-corrected chi connectivity index (χ1v) is 12.9. The van der Waals surface area contributed by atoms with Gasteiger partial charge in [-0.2, -0.15) is 0 Å². The van der Waals surface area contributed by atoms with Gasteiger partial charge in [0.1, 0.15) is 30.2 Å². The number of carbonyl (C=O) groups excluding carboxylic acids is 6. The highest BCUT2D eigenvalue weighted by Crippen LogP contribution is 2.33. The summed E-state index contributed by atoms with van der Waals surface area (Å²) in [5, 5.41) is 5.25. The first kappa shape index (κ1) is 31.6. The number of hydrogen-bond donors (Lipinski definition) is 2. The van der Waals surface area contributed by atoms with E-state index in [1.54, 1.807) is 30.3 Å². The predicted molar refractivity (Wildman–Crippen MR) is 136 cm³/mol. The van der Waals surface area contributed by atoms with Crippen molar-refractivity contribution in [3.8, 4) is 0 Å². The first-order valence-electron chi connectivity index (χ1n) is 11.9. The highest BCUT2D eigenvalue weighted by molar-refractivity contribution is 7.99. The van der Waals surface area contributed by atoms with Gasteiger partial charge in [-0.15, -0.1) is 11.8 Å². The van der Waals surface area contributed by atoms with Crippen molar-refractivity contribution >= 4 is 47.5 Å². The Morgan fingerprint density at radius 2 is 1.54 bits per heavy atom. The summed E-state index contributed by atoms with van der Waals surface area (Å²) in [7, 11) is 1.17. The van der Waals surface area contributed by atoms with Crippen LogP contribution in [0.2, 0.25) is 0 Å². The lowest BCUT2D eigenvalue weighted by molar-refractivity contribution is -0.211. The molecule has 1 saturated heterocycles. The van der Waals surface area contributed by atoms with E-state index >= 15 is 0 Å². The van der Waals surface area contributed by atoms with Crippen LogP contribution < -0.4 is 10.6 Å². The predicted octanol–water partition coefficient (Wildman–Crippen LogP) is 0.347. The van der Waals surface area contributed by atoms with Gasteiger partial charge >= 0.3 is 23.9 Å². The van der Waals surface area contributed by atoms with E-state index in [-0.39, 0.29) is 12.4 Å². The Bertz CT molecular complexity index is 1050. The Morgan fingerprint density at radius 1 is 0.923 bits per heavy atom. The standard InChI is InChI=1S/C25H32N2O11S/c1-13(28)26-20-22(37-16(4)31)21(36-15(3)30)19(11-35-14(2)29)38-25(20)39-12-18(24(33)34-5)27-23(32)17-9-7-6-8-10-17/h6-10,18-22,25H,11-12H2,1-5H3,(H,26,28)(H,27,32). The van der Waals surface area contributed by atoms with Crippen LogP contribution in [-0.4, -0.2) is 91.0 Å². The van der Waals surface area contributed by atoms with E-state index in [1.165, 1.54) is 21.0 Å². The Labute approximate surface area is 229 Å². The first-order chi connectivity index (χ1) is 18.4. The topological polar surface area (TPSA) is 173 Å². The fourth-order valence-electron chi connectivity index (χ4n) is 3.77. The molecule has 6 atom stereocenters. The van der Waals surface area contributed by atoms with Gasteiger partial charge in [-0.3, -0.25) is 24.0 Å². The van der Waals surface area contributed by atoms with E-state index in [2.05, 4.69) is 10.6 Å². The minimum absolute atomic E-state index is 0.0860. The third-order valence-electron chi connectivity index (χ3n) is 5.33. The quantitative estimate of drug-likeness (QED) is 0.277. The average Bonchev–Trinajstić information content (AvgIpc) is 2.87. The molecule has 0 radical (unpaired) electrons. The van der Waals surface area contributed by atoms with Crippen LogP contribution in [0, 0.1) is 0 Å². The summed E-state index contributed by atoms with van der Waals surface area (Å²) in [6.07, 6.45) is -3.58. The number of rotatable bonds is 11. The maximum atomic E-state index is 12.7. The van der Waals surface area contributed by atoms with Crippen LogP contribution in [0.25, 0.3) is 0 Å². The fraction of sp³-hybridized carbons (Fsp3) is 0.520. The molecule has 0 spiro atoms. The highest BCUT2D eigenvalue weighted by Gasteiger charge is 2.51. The zero-order chi connectivity index (χ0) is 29.1. The molecule has 6 unspecified atom stereocenters. The van der Waals surface area contributed by atoms with Crippen molar-refractivity contribution in [2.75, 3.05) is 19.5 Å². The molecule has 0 saturated carbocycles. The Kier molecular flexibility index (Phi) is 12.2. The van der Waals surface area contributed by atoms with Gasteiger partial charge in [0.15, 0.2) is 12.2 Å². The van der Waals surface area contributed by atoms with Gasteiger partial charge in [-0.1, -0.05) is 18.2 Å². The number of benzene rings is 1. The van der Waals surface area contributed by atoms with Crippen LogP contribution in [0.5, 0.6) is 0 Å². The maximum Gasteiger partial charge on any atom is 0.329 e. The van der Waals surface area contributed by atoms with E-state index in [0.29, 0.717) is 5.56 Å². The van der Waals surface area contributed by atoms with E-state index in [1.807, 2.05) is 0 Å². The molecular weight excluding hydrogens is 536 g/mol. The molecule has 14 heteroatoms. The Hall–Kier alpha value is -3.65. The number of amides is 2. The van der Waals surface area contributed by atoms with Crippen LogP contribution in [0.4, 0.5) is 0 Å². The summed E-state index contributed by atoms with van der Waals surface area (Å²) < 4.78 is 26.8. The van der Waals surface area contributed by atoms with Crippen molar-refractivity contribution in [1.82, 2.24) is 10.6 Å². The monoisotopic (exact) mass is 568 g/mol. The van der Waals surface area contributed by atoms with Crippen molar-refractivity contribution in [3.63, 3.8) is 0 Å². The van der Waals surface area contributed by atoms with Crippen LogP contribution in [0.15, 0.2) is 30.3 Å². The normalized spacial score (nSPS) is 22.9. The smallest absolute Gasteiger partial charge is 0.329 e. The van der Waals surface area contributed by atoms with Gasteiger partial charge in [-0.05, 0) is 12.1 Å². The SMILES string of the molecule is COC(=O)C(CSC1OC(COC(C)=O)C(OC(C)=O)C(OC(C)=O)C1NC(C)=O)NC(=O)c1ccccc1. The zero-order valence-corrected chi connectivity index (χ0v) is 23.0. The summed E-state index contributed by atoms with van der Waals surface area (Å²) in [5.74, 6) is -3.93. The molecule has 1 aliphatic rings. The lowest BCUT2D eigenvalue weighted by atomic mass is 9.97. The van der Waals surface area contributed by atoms with Crippen molar-refractivity contribution in [1.29, 1.82) is 0 Å². The second kappa shape index (κ2) is 15.1. The minimum Gasteiger partial charge on any atom is -0.467 e. The third kappa shape index (κ3) is 9.87. The number of carbonyl (C=O) groups is 6. The molecule has 2 N–H and O–H groups in total. The molecule has 0 aromatic heterocycles. The second-order valence-electron chi connectivity index (χ2n) is 8.47. The lowest BCUT2D eigenvalue weighted by Crippen LogP contribution is -2.65. The number of methoxy groups -OCH3 is 1. The number of nitrogens with one attached hydrogen (secondary N) is 2. The van der Waals surface area contributed by atoms with E-state index in [9.17, 15) is 28.8 Å². The number of esters is 4. The number of ether oxygens (including phenoxy) is 5. The van der Waals surface area contributed by atoms with Gasteiger partial charge in [0.25, 0.3) is 5.91 Å². The molecule has 1 aromatic carbocycles. The summed E-state index contributed by atoms with van der Waals surface area (Å²) in [4.78, 5) is 72.6. The van der Waals surface area contributed by atoms with Gasteiger partial charge < -0.3 is 34.3 Å². The molecule has 2 amide bonds. The molecule has 13 nitrogen and oxygen atoms in total. The van der Waals surface area contributed by atoms with E-state index < -0.39 is 71.5 Å². The maximum absolute atomic E-state index is 12.7. The Balaban J connectivity index is 2.36. The van der Waals surface area contributed by atoms with Crippen LogP contribution in [0.3, 0.4) is 0 Å². The number of thioether (sulfide) groups is 1. The molecule has 1 aliphatic heterocycles. The molecule has 39 heavy (non-hydrogen) atoms. The van der Waals surface area contributed by atoms with Crippen molar-refractivity contribution in [2.24, 2.45) is 0 Å². The molecule has 1 fully saturated rings. The van der Waals surface area contributed by atoms with Gasteiger partial charge in [-0.25, -0.2) is 4.79 Å². The molecule has 1 aromatic rings. The van der Waals surface area contributed by atoms with E-state index in [4.69, 9.17) is 23.7 Å². The van der Waals surface area contributed by atoms with Crippen LogP contribution >= 0.6 is 11.8 Å². The van der Waals surface area contributed by atoms with Crippen molar-refractivity contribution < 1.29 is 52.5 Å². The lowest BCUT2D eigenvalue weighted by Gasteiger charge is -2.45. The summed E-state index contributed by atoms with van der Waals surface area (Å²) in [6, 6.07) is 6.04. The summed E-state index contributed by atoms with van der Waals surface area (Å²) in [5.41, 5.74) is -0.687. The van der Waals surface area contributed by atoms with Gasteiger partial charge in [0, 0.05) is 39.0 Å². The van der Waals surface area contributed by atoms with E-state index in [0.717, 1.165) is 25.6 Å². The van der Waals surface area contributed by atoms with Crippen molar-refractivity contribution in [3.05, 3.63) is 35.9 Å². The molecule has 0 aliphatic carbocycles. The molecular formula is C25H32N2O11S. The van der Waals surface area contributed by atoms with Gasteiger partial charge in [0.2, 0.25) is 5.91 Å². The van der Waals surface area contributed by atoms with Crippen LogP contribution in [-0.2, 0) is 47.7 Å². The average molecular weight is 569 g/mol. The third-order valence-corrected chi connectivity index (χ3v) is 6.58. The molecule has 214 valence electrons. The Morgan fingerprint density at radius 3 is 2.08 bits per heavy atom. The minimum atomic E-state index is -1.24. The highest BCUT2D eigenvalue weighted by atomic mass is 32.2. The van der Waals surface area contributed by atoms with Crippen LogP contribution in [0.1, 0.15) is 38.1 Å². The second-order valence-corrected chi connectivity index (χ2v) is 9.60. The zero-order valence-electron chi connectivity index (χ0n) is 22.2. The molecule has 0 bridgehead atoms. The molecule has 1 heterocycles. The van der Waals surface area contributed by atoms with Gasteiger partial charge in [0.05, 0.1) is 7.11 Å².